The number of nitrogens with zero attached hydrogens (tertiary/aromatic N) is 2. The molecule has 0 aromatic heterocycles. The van der Waals surface area contributed by atoms with Gasteiger partial charge in [-0.25, -0.2) is 4.39 Å². The number of hydrogen-bond donors (Lipinski definition) is 0. The smallest absolute Gasteiger partial charge is 0.269 e. The number of carbonyl (C=O) groups is 1. The fraction of sp³-hybridized carbons (Fsp3) is 0.133. The summed E-state index contributed by atoms with van der Waals surface area (Å²) in [5.74, 6) is -0.453. The first kappa shape index (κ1) is 15.8. The summed E-state index contributed by atoms with van der Waals surface area (Å²) >= 11 is 7.40. The number of amides is 1. The standard InChI is InChI=1S/C15H10ClFN2O3S/c16-12-7-10(17)4-5-13(12)18-14(20)8-23-15(18)9-2-1-3-11(6-9)19(21)22/h1-7,15H,8H2/t15-/m1/s1. The van der Waals surface area contributed by atoms with Gasteiger partial charge in [0, 0.05) is 12.1 Å². The van der Waals surface area contributed by atoms with E-state index in [2.05, 4.69) is 0 Å². The molecule has 5 nitrogen and oxygen atoms in total. The summed E-state index contributed by atoms with van der Waals surface area (Å²) in [5, 5.41) is 10.6. The summed E-state index contributed by atoms with van der Waals surface area (Å²) in [6.45, 7) is 0. The van der Waals surface area contributed by atoms with Crippen LogP contribution in [0.2, 0.25) is 5.02 Å². The van der Waals surface area contributed by atoms with Crippen LogP contribution < -0.4 is 4.90 Å². The lowest BCUT2D eigenvalue weighted by Gasteiger charge is -2.25. The second-order valence-electron chi connectivity index (χ2n) is 4.87. The third-order valence-electron chi connectivity index (χ3n) is 3.40. The van der Waals surface area contributed by atoms with Crippen molar-refractivity contribution in [3.63, 3.8) is 0 Å². The van der Waals surface area contributed by atoms with Crippen molar-refractivity contribution in [1.29, 1.82) is 0 Å². The van der Waals surface area contributed by atoms with E-state index in [1.54, 1.807) is 12.1 Å². The number of rotatable bonds is 3. The van der Waals surface area contributed by atoms with Crippen molar-refractivity contribution in [2.45, 2.75) is 5.37 Å². The number of non-ortho nitro benzene ring substituents is 1. The van der Waals surface area contributed by atoms with Crippen LogP contribution in [0, 0.1) is 15.9 Å². The van der Waals surface area contributed by atoms with Crippen molar-refractivity contribution < 1.29 is 14.1 Å². The van der Waals surface area contributed by atoms with Gasteiger partial charge in [-0.15, -0.1) is 11.8 Å². The van der Waals surface area contributed by atoms with Gasteiger partial charge in [0.1, 0.15) is 11.2 Å². The maximum Gasteiger partial charge on any atom is 0.269 e. The molecule has 0 unspecified atom stereocenters. The van der Waals surface area contributed by atoms with Crippen molar-refractivity contribution in [2.24, 2.45) is 0 Å². The monoisotopic (exact) mass is 352 g/mol. The summed E-state index contributed by atoms with van der Waals surface area (Å²) < 4.78 is 13.2. The van der Waals surface area contributed by atoms with Gasteiger partial charge in [-0.2, -0.15) is 0 Å². The van der Waals surface area contributed by atoms with Crippen LogP contribution >= 0.6 is 23.4 Å². The predicted octanol–water partition coefficient (Wildman–Crippen LogP) is 4.17. The number of benzene rings is 2. The number of nitro groups is 1. The summed E-state index contributed by atoms with van der Waals surface area (Å²) in [7, 11) is 0. The van der Waals surface area contributed by atoms with Crippen molar-refractivity contribution in [3.8, 4) is 0 Å². The maximum absolute atomic E-state index is 13.2. The molecular weight excluding hydrogens is 343 g/mol. The number of halogens is 2. The zero-order valence-corrected chi connectivity index (χ0v) is 13.2. The van der Waals surface area contributed by atoms with Crippen LogP contribution in [0.25, 0.3) is 0 Å². The van der Waals surface area contributed by atoms with Crippen molar-refractivity contribution >= 4 is 40.6 Å². The Morgan fingerprint density at radius 2 is 2.09 bits per heavy atom. The minimum atomic E-state index is -0.495. The van der Waals surface area contributed by atoms with E-state index in [1.807, 2.05) is 0 Å². The topological polar surface area (TPSA) is 63.4 Å². The SMILES string of the molecule is O=C1CS[C@H](c2cccc([N+](=O)[O-])c2)N1c1ccc(F)cc1Cl. The van der Waals surface area contributed by atoms with Gasteiger partial charge in [-0.3, -0.25) is 19.8 Å². The molecule has 1 fully saturated rings. The Kier molecular flexibility index (Phi) is 4.23. The van der Waals surface area contributed by atoms with E-state index in [1.165, 1.54) is 40.9 Å². The molecule has 0 saturated carbocycles. The van der Waals surface area contributed by atoms with Gasteiger partial charge in [0.05, 0.1) is 21.4 Å². The lowest BCUT2D eigenvalue weighted by molar-refractivity contribution is -0.384. The number of thioether (sulfide) groups is 1. The average Bonchev–Trinajstić information content (AvgIpc) is 2.89. The Hall–Kier alpha value is -2.12. The van der Waals surface area contributed by atoms with E-state index in [-0.39, 0.29) is 22.4 Å². The molecule has 8 heteroatoms. The molecule has 2 aromatic carbocycles. The van der Waals surface area contributed by atoms with Crippen molar-refractivity contribution in [1.82, 2.24) is 0 Å². The molecule has 23 heavy (non-hydrogen) atoms. The summed E-state index contributed by atoms with van der Waals surface area (Å²) in [6, 6.07) is 9.90. The van der Waals surface area contributed by atoms with E-state index in [9.17, 15) is 19.3 Å². The molecule has 0 spiro atoms. The first-order chi connectivity index (χ1) is 11.0. The van der Waals surface area contributed by atoms with Gasteiger partial charge in [-0.1, -0.05) is 23.7 Å². The fourth-order valence-corrected chi connectivity index (χ4v) is 3.82. The van der Waals surface area contributed by atoms with E-state index in [0.29, 0.717) is 11.3 Å². The quantitative estimate of drug-likeness (QED) is 0.614. The Morgan fingerprint density at radius 1 is 1.30 bits per heavy atom. The molecule has 1 aliphatic rings. The number of hydrogen-bond acceptors (Lipinski definition) is 4. The Balaban J connectivity index is 2.03. The second kappa shape index (κ2) is 6.17. The Labute approximate surface area is 140 Å². The van der Waals surface area contributed by atoms with Gasteiger partial charge < -0.3 is 0 Å². The van der Waals surface area contributed by atoms with Crippen LogP contribution in [-0.2, 0) is 4.79 Å². The highest BCUT2D eigenvalue weighted by Gasteiger charge is 2.35. The molecule has 1 heterocycles. The zero-order valence-electron chi connectivity index (χ0n) is 11.6. The minimum absolute atomic E-state index is 0.0485. The molecule has 0 bridgehead atoms. The molecule has 3 rings (SSSR count). The molecule has 0 aliphatic carbocycles. The molecule has 118 valence electrons. The molecule has 1 amide bonds. The highest BCUT2D eigenvalue weighted by atomic mass is 35.5. The lowest BCUT2D eigenvalue weighted by atomic mass is 10.1. The first-order valence-corrected chi connectivity index (χ1v) is 8.03. The maximum atomic E-state index is 13.2. The predicted molar refractivity (Wildman–Crippen MR) is 87.2 cm³/mol. The van der Waals surface area contributed by atoms with Crippen LogP contribution in [-0.4, -0.2) is 16.6 Å². The van der Waals surface area contributed by atoms with Gasteiger partial charge in [0.25, 0.3) is 5.69 Å². The minimum Gasteiger partial charge on any atom is -0.294 e. The molecule has 0 N–H and O–H groups in total. The van der Waals surface area contributed by atoms with Gasteiger partial charge in [0.15, 0.2) is 0 Å². The zero-order chi connectivity index (χ0) is 16.6. The Bertz CT molecular complexity index is 802. The molecule has 2 aromatic rings. The Morgan fingerprint density at radius 3 is 2.78 bits per heavy atom. The summed E-state index contributed by atoms with van der Waals surface area (Å²) in [6.07, 6.45) is 0. The molecule has 1 aliphatic heterocycles. The largest absolute Gasteiger partial charge is 0.294 e. The van der Waals surface area contributed by atoms with Crippen molar-refractivity contribution in [3.05, 3.63) is 69.0 Å². The van der Waals surface area contributed by atoms with E-state index >= 15 is 0 Å². The third-order valence-corrected chi connectivity index (χ3v) is 4.92. The van der Waals surface area contributed by atoms with Crippen LogP contribution in [0.3, 0.4) is 0 Å². The van der Waals surface area contributed by atoms with E-state index in [0.717, 1.165) is 6.07 Å². The van der Waals surface area contributed by atoms with Crippen LogP contribution in [0.1, 0.15) is 10.9 Å². The lowest BCUT2D eigenvalue weighted by Crippen LogP contribution is -2.28. The van der Waals surface area contributed by atoms with Crippen LogP contribution in [0.15, 0.2) is 42.5 Å². The van der Waals surface area contributed by atoms with Gasteiger partial charge in [0.2, 0.25) is 5.91 Å². The third kappa shape index (κ3) is 3.02. The summed E-state index contributed by atoms with van der Waals surface area (Å²) in [4.78, 5) is 24.1. The molecule has 0 radical (unpaired) electrons. The molecule has 1 saturated heterocycles. The van der Waals surface area contributed by atoms with E-state index < -0.39 is 16.1 Å². The number of anilines is 1. The van der Waals surface area contributed by atoms with E-state index in [4.69, 9.17) is 11.6 Å². The highest BCUT2D eigenvalue weighted by Crippen LogP contribution is 2.44. The van der Waals surface area contributed by atoms with Gasteiger partial charge in [-0.05, 0) is 23.8 Å². The van der Waals surface area contributed by atoms with Crippen LogP contribution in [0.4, 0.5) is 15.8 Å². The number of carbonyl (C=O) groups excluding carboxylic acids is 1. The second-order valence-corrected chi connectivity index (χ2v) is 6.35. The molecular formula is C15H10ClFN2O3S. The van der Waals surface area contributed by atoms with Crippen LogP contribution in [0.5, 0.6) is 0 Å². The average molecular weight is 353 g/mol. The summed E-state index contributed by atoms with van der Waals surface area (Å²) in [5.41, 5.74) is 0.961. The first-order valence-electron chi connectivity index (χ1n) is 6.60. The fourth-order valence-electron chi connectivity index (χ4n) is 2.40. The normalized spacial score (nSPS) is 17.6. The highest BCUT2D eigenvalue weighted by molar-refractivity contribution is 8.00. The van der Waals surface area contributed by atoms with Gasteiger partial charge >= 0.3 is 0 Å². The number of nitro benzene ring substituents is 1. The van der Waals surface area contributed by atoms with Crippen molar-refractivity contribution in [2.75, 3.05) is 10.7 Å². The molecule has 1 atom stereocenters.